The quantitative estimate of drug-likeness (QED) is 0.376. The topological polar surface area (TPSA) is 61.0 Å². The van der Waals surface area contributed by atoms with Gasteiger partial charge in [-0.3, -0.25) is 10.1 Å². The van der Waals surface area contributed by atoms with Crippen molar-refractivity contribution < 1.29 is 9.31 Å². The van der Waals surface area contributed by atoms with Crippen LogP contribution >= 0.6 is 0 Å². The number of hydrogen-bond acceptors (Lipinski definition) is 3. The first kappa shape index (κ1) is 19.7. The minimum absolute atomic E-state index is 0.0301. The molecule has 0 aliphatic carbocycles. The lowest BCUT2D eigenvalue weighted by atomic mass is 9.92. The highest BCUT2D eigenvalue weighted by atomic mass is 19.1. The first-order valence-electron chi connectivity index (χ1n) is 9.41. The van der Waals surface area contributed by atoms with Crippen molar-refractivity contribution in [3.05, 3.63) is 94.4 Å². The van der Waals surface area contributed by atoms with Crippen LogP contribution in [0.15, 0.2) is 54.6 Å². The number of rotatable bonds is 8. The summed E-state index contributed by atoms with van der Waals surface area (Å²) in [5, 5.41) is 15.7. The molecule has 0 saturated heterocycles. The molecule has 1 atom stereocenters. The summed E-state index contributed by atoms with van der Waals surface area (Å²) in [7, 11) is 0. The molecule has 28 heavy (non-hydrogen) atoms. The number of nitrogens with zero attached hydrogens (tertiary/aromatic N) is 3. The molecule has 0 bridgehead atoms. The number of non-ortho nitro benzene ring substituents is 1. The van der Waals surface area contributed by atoms with Gasteiger partial charge in [0.1, 0.15) is 5.82 Å². The molecule has 1 heterocycles. The summed E-state index contributed by atoms with van der Waals surface area (Å²) in [5.41, 5.74) is 3.45. The van der Waals surface area contributed by atoms with Crippen LogP contribution in [0, 0.1) is 22.9 Å². The minimum Gasteiger partial charge on any atom is -0.258 e. The molecular formula is C22H23FN3O2. The fraction of sp³-hybridized carbons (Fsp3) is 0.273. The van der Waals surface area contributed by atoms with Gasteiger partial charge in [0.25, 0.3) is 5.69 Å². The zero-order chi connectivity index (χ0) is 20.1. The lowest BCUT2D eigenvalue weighted by Crippen LogP contribution is -2.09. The standard InChI is InChI=1S/C22H23FN3O2/c1-3-5-9-18-15-22(21(4-2)16-7-6-8-17(23)14-16)25(24-18)19-10-12-20(13-11-19)26(27)28/h6-8,10-15,21H,2-5,9H2,1H3. The fourth-order valence-corrected chi connectivity index (χ4v) is 3.31. The Morgan fingerprint density at radius 2 is 1.96 bits per heavy atom. The van der Waals surface area contributed by atoms with Crippen molar-refractivity contribution in [3.8, 4) is 5.69 Å². The Labute approximate surface area is 164 Å². The molecule has 6 heteroatoms. The molecular weight excluding hydrogens is 357 g/mol. The van der Waals surface area contributed by atoms with E-state index in [-0.39, 0.29) is 17.4 Å². The van der Waals surface area contributed by atoms with E-state index in [0.29, 0.717) is 6.42 Å². The van der Waals surface area contributed by atoms with Gasteiger partial charge in [0, 0.05) is 18.1 Å². The number of aryl methyl sites for hydroxylation is 1. The second-order valence-corrected chi connectivity index (χ2v) is 6.75. The molecule has 5 nitrogen and oxygen atoms in total. The van der Waals surface area contributed by atoms with Gasteiger partial charge in [-0.15, -0.1) is 0 Å². The monoisotopic (exact) mass is 380 g/mol. The Bertz CT molecular complexity index is 951. The fourth-order valence-electron chi connectivity index (χ4n) is 3.31. The van der Waals surface area contributed by atoms with E-state index in [1.807, 2.05) is 12.1 Å². The van der Waals surface area contributed by atoms with E-state index in [4.69, 9.17) is 5.10 Å². The Kier molecular flexibility index (Phi) is 6.19. The van der Waals surface area contributed by atoms with Crippen molar-refractivity contribution in [2.45, 2.75) is 38.5 Å². The molecule has 0 spiro atoms. The van der Waals surface area contributed by atoms with Gasteiger partial charge in [-0.05, 0) is 55.2 Å². The summed E-state index contributed by atoms with van der Waals surface area (Å²) in [4.78, 5) is 10.5. The van der Waals surface area contributed by atoms with Crippen molar-refractivity contribution >= 4 is 5.69 Å². The Morgan fingerprint density at radius 1 is 1.21 bits per heavy atom. The van der Waals surface area contributed by atoms with Gasteiger partial charge in [-0.2, -0.15) is 5.10 Å². The average Bonchev–Trinajstić information content (AvgIpc) is 3.11. The van der Waals surface area contributed by atoms with Crippen molar-refractivity contribution in [2.75, 3.05) is 0 Å². The highest BCUT2D eigenvalue weighted by molar-refractivity contribution is 5.43. The second kappa shape index (κ2) is 8.78. The van der Waals surface area contributed by atoms with E-state index in [9.17, 15) is 14.5 Å². The first-order chi connectivity index (χ1) is 13.5. The van der Waals surface area contributed by atoms with E-state index >= 15 is 0 Å². The Balaban J connectivity index is 2.07. The molecule has 1 aromatic heterocycles. The molecule has 3 rings (SSSR count). The van der Waals surface area contributed by atoms with Crippen LogP contribution in [-0.4, -0.2) is 14.7 Å². The smallest absolute Gasteiger partial charge is 0.258 e. The number of halogens is 1. The molecule has 0 aliphatic heterocycles. The van der Waals surface area contributed by atoms with Crippen molar-refractivity contribution in [2.24, 2.45) is 0 Å². The molecule has 1 radical (unpaired) electrons. The Hall–Kier alpha value is -3.02. The highest BCUT2D eigenvalue weighted by Crippen LogP contribution is 2.31. The third-order valence-electron chi connectivity index (χ3n) is 4.78. The number of unbranched alkanes of at least 4 members (excludes halogenated alkanes) is 1. The van der Waals surface area contributed by atoms with E-state index in [1.54, 1.807) is 22.9 Å². The molecule has 0 saturated carbocycles. The lowest BCUT2D eigenvalue weighted by Gasteiger charge is -2.17. The molecule has 0 fully saturated rings. The molecule has 2 aromatic carbocycles. The maximum Gasteiger partial charge on any atom is 0.269 e. The maximum absolute atomic E-state index is 13.8. The summed E-state index contributed by atoms with van der Waals surface area (Å²) in [6.45, 7) is 6.18. The predicted octanol–water partition coefficient (Wildman–Crippen LogP) is 5.62. The number of hydrogen-bond donors (Lipinski definition) is 0. The van der Waals surface area contributed by atoms with Gasteiger partial charge >= 0.3 is 0 Å². The molecule has 0 amide bonds. The van der Waals surface area contributed by atoms with Crippen LogP contribution in [0.5, 0.6) is 0 Å². The zero-order valence-electron chi connectivity index (χ0n) is 15.8. The van der Waals surface area contributed by atoms with Crippen molar-refractivity contribution in [1.29, 1.82) is 0 Å². The molecule has 0 N–H and O–H groups in total. The number of nitro benzene ring substituents is 1. The van der Waals surface area contributed by atoms with Gasteiger partial charge in [0.05, 0.1) is 22.0 Å². The van der Waals surface area contributed by atoms with Crippen molar-refractivity contribution in [3.63, 3.8) is 0 Å². The van der Waals surface area contributed by atoms with Crippen LogP contribution in [-0.2, 0) is 6.42 Å². The van der Waals surface area contributed by atoms with Gasteiger partial charge in [0.15, 0.2) is 0 Å². The van der Waals surface area contributed by atoms with E-state index in [0.717, 1.165) is 41.9 Å². The normalized spacial score (nSPS) is 12.1. The third kappa shape index (κ3) is 4.27. The van der Waals surface area contributed by atoms with E-state index in [2.05, 4.69) is 13.8 Å². The lowest BCUT2D eigenvalue weighted by molar-refractivity contribution is -0.384. The van der Waals surface area contributed by atoms with Crippen molar-refractivity contribution in [1.82, 2.24) is 9.78 Å². The minimum atomic E-state index is -0.425. The van der Waals surface area contributed by atoms with Crippen LogP contribution in [0.1, 0.15) is 49.1 Å². The molecule has 0 aliphatic rings. The van der Waals surface area contributed by atoms with Crippen LogP contribution in [0.3, 0.4) is 0 Å². The van der Waals surface area contributed by atoms with Gasteiger partial charge in [-0.25, -0.2) is 9.07 Å². The van der Waals surface area contributed by atoms with Crippen LogP contribution in [0.25, 0.3) is 5.69 Å². The number of nitro groups is 1. The number of benzene rings is 2. The summed E-state index contributed by atoms with van der Waals surface area (Å²) in [6, 6.07) is 14.9. The maximum atomic E-state index is 13.8. The van der Waals surface area contributed by atoms with Gasteiger partial charge in [0.2, 0.25) is 0 Å². The number of aromatic nitrogens is 2. The van der Waals surface area contributed by atoms with Crippen LogP contribution < -0.4 is 0 Å². The van der Waals surface area contributed by atoms with Gasteiger partial charge in [-0.1, -0.05) is 32.4 Å². The molecule has 3 aromatic rings. The summed E-state index contributed by atoms with van der Waals surface area (Å²) >= 11 is 0. The van der Waals surface area contributed by atoms with E-state index < -0.39 is 4.92 Å². The zero-order valence-corrected chi connectivity index (χ0v) is 15.8. The summed E-state index contributed by atoms with van der Waals surface area (Å²) in [6.07, 6.45) is 3.46. The van der Waals surface area contributed by atoms with E-state index in [1.165, 1.54) is 24.3 Å². The second-order valence-electron chi connectivity index (χ2n) is 6.75. The molecule has 145 valence electrons. The highest BCUT2D eigenvalue weighted by Gasteiger charge is 2.21. The summed E-state index contributed by atoms with van der Waals surface area (Å²) in [5.74, 6) is -0.419. The molecule has 1 unspecified atom stereocenters. The van der Waals surface area contributed by atoms with Gasteiger partial charge < -0.3 is 0 Å². The first-order valence-corrected chi connectivity index (χ1v) is 9.41. The Morgan fingerprint density at radius 3 is 2.57 bits per heavy atom. The van der Waals surface area contributed by atoms with Crippen LogP contribution in [0.2, 0.25) is 0 Å². The average molecular weight is 380 g/mol. The SMILES string of the molecule is [CH2]CC(c1cccc(F)c1)c1cc(CCCC)nn1-c1ccc([N+](=O)[O-])cc1. The largest absolute Gasteiger partial charge is 0.269 e. The van der Waals surface area contributed by atoms with Crippen LogP contribution in [0.4, 0.5) is 10.1 Å². The third-order valence-corrected chi connectivity index (χ3v) is 4.78. The summed E-state index contributed by atoms with van der Waals surface area (Å²) < 4.78 is 15.6. The predicted molar refractivity (Wildman–Crippen MR) is 107 cm³/mol.